The number of hydrogen-bond donors (Lipinski definition) is 0. The molecule has 2 fully saturated rings. The van der Waals surface area contributed by atoms with Crippen LogP contribution in [0.5, 0.6) is 5.75 Å². The first-order chi connectivity index (χ1) is 14.6. The Bertz CT molecular complexity index is 1080. The summed E-state index contributed by atoms with van der Waals surface area (Å²) in [7, 11) is 2.85. The lowest BCUT2D eigenvalue weighted by Gasteiger charge is -2.34. The highest BCUT2D eigenvalue weighted by atomic mass is 16.5. The lowest BCUT2D eigenvalue weighted by molar-refractivity contribution is -0.148. The van der Waals surface area contributed by atoms with E-state index in [0.29, 0.717) is 11.4 Å². The van der Waals surface area contributed by atoms with E-state index in [1.165, 1.54) is 12.0 Å². The van der Waals surface area contributed by atoms with Crippen molar-refractivity contribution < 1.29 is 23.9 Å². The molecule has 0 spiro atoms. The normalized spacial score (nSPS) is 26.3. The summed E-state index contributed by atoms with van der Waals surface area (Å²) in [4.78, 5) is 42.7. The molecule has 5 rings (SSSR count). The number of methoxy groups -OCH3 is 2. The fraction of sp³-hybridized carbons (Fsp3) is 0.261. The zero-order valence-corrected chi connectivity index (χ0v) is 16.5. The molecule has 2 aromatic carbocycles. The van der Waals surface area contributed by atoms with Gasteiger partial charge in [0.1, 0.15) is 11.8 Å². The van der Waals surface area contributed by atoms with Crippen molar-refractivity contribution in [1.29, 1.82) is 0 Å². The van der Waals surface area contributed by atoms with Gasteiger partial charge in [-0.15, -0.1) is 0 Å². The second kappa shape index (κ2) is 6.73. The molecule has 2 aromatic rings. The number of amides is 2. The highest BCUT2D eigenvalue weighted by molar-refractivity contribution is 6.23. The Labute approximate surface area is 173 Å². The molecule has 0 unspecified atom stereocenters. The van der Waals surface area contributed by atoms with Crippen LogP contribution in [0.25, 0.3) is 6.08 Å². The van der Waals surface area contributed by atoms with E-state index in [9.17, 15) is 14.4 Å². The highest BCUT2D eigenvalue weighted by Gasteiger charge is 2.65. The first-order valence-electron chi connectivity index (χ1n) is 9.71. The Balaban J connectivity index is 1.62. The minimum atomic E-state index is -0.852. The summed E-state index contributed by atoms with van der Waals surface area (Å²) in [6, 6.07) is 13.2. The standard InChI is InChI=1S/C23H20N2O5/c1-29-15-9-7-14(8-10-15)25-21(26)17-18(22(25)27)20(23(28)30-2)24-12-11-13-5-3-4-6-16(13)19(17)24/h3-12,17-20H,1-2H3/t17-,18+,19-,20-/m0/s1. The van der Waals surface area contributed by atoms with Crippen LogP contribution in [-0.2, 0) is 19.1 Å². The Kier molecular flexibility index (Phi) is 4.13. The molecule has 0 saturated carbocycles. The van der Waals surface area contributed by atoms with Crippen molar-refractivity contribution in [2.45, 2.75) is 12.1 Å². The molecular weight excluding hydrogens is 384 g/mol. The summed E-state index contributed by atoms with van der Waals surface area (Å²) in [6.45, 7) is 0. The van der Waals surface area contributed by atoms with Crippen LogP contribution in [0.2, 0.25) is 0 Å². The van der Waals surface area contributed by atoms with Gasteiger partial charge in [-0.1, -0.05) is 24.3 Å². The molecule has 152 valence electrons. The van der Waals surface area contributed by atoms with Gasteiger partial charge in [-0.2, -0.15) is 0 Å². The van der Waals surface area contributed by atoms with E-state index in [0.717, 1.165) is 11.1 Å². The molecule has 30 heavy (non-hydrogen) atoms. The largest absolute Gasteiger partial charge is 0.497 e. The maximum Gasteiger partial charge on any atom is 0.329 e. The number of ether oxygens (including phenoxy) is 2. The molecule has 2 amide bonds. The van der Waals surface area contributed by atoms with Crippen molar-refractivity contribution in [2.75, 3.05) is 19.1 Å². The first-order valence-corrected chi connectivity index (χ1v) is 9.71. The number of hydrogen-bond acceptors (Lipinski definition) is 6. The van der Waals surface area contributed by atoms with E-state index in [2.05, 4.69) is 0 Å². The molecule has 2 saturated heterocycles. The molecule has 3 heterocycles. The maximum absolute atomic E-state index is 13.5. The van der Waals surface area contributed by atoms with Crippen LogP contribution in [-0.4, -0.2) is 42.9 Å². The van der Waals surface area contributed by atoms with Gasteiger partial charge in [0.15, 0.2) is 0 Å². The number of imide groups is 1. The molecule has 0 radical (unpaired) electrons. The minimum Gasteiger partial charge on any atom is -0.497 e. The van der Waals surface area contributed by atoms with Crippen LogP contribution in [0.15, 0.2) is 54.7 Å². The molecule has 7 nitrogen and oxygen atoms in total. The summed E-state index contributed by atoms with van der Waals surface area (Å²) in [6.07, 6.45) is 3.70. The molecule has 0 aliphatic carbocycles. The Hall–Kier alpha value is -3.61. The lowest BCUT2D eigenvalue weighted by atomic mass is 9.84. The SMILES string of the molecule is COC(=O)[C@@H]1[C@@H]2C(=O)N(c3ccc(OC)cc3)C(=O)[C@@H]2[C@@H]2c3ccccc3C=CN12. The third-order valence-corrected chi connectivity index (χ3v) is 6.23. The summed E-state index contributed by atoms with van der Waals surface area (Å²) < 4.78 is 10.2. The van der Waals surface area contributed by atoms with E-state index < -0.39 is 29.9 Å². The van der Waals surface area contributed by atoms with Crippen LogP contribution < -0.4 is 9.64 Å². The second-order valence-electron chi connectivity index (χ2n) is 7.57. The van der Waals surface area contributed by atoms with Crippen LogP contribution >= 0.6 is 0 Å². The Morgan fingerprint density at radius 1 is 0.933 bits per heavy atom. The van der Waals surface area contributed by atoms with Crippen LogP contribution in [0.3, 0.4) is 0 Å². The first kappa shape index (κ1) is 18.4. The number of rotatable bonds is 3. The van der Waals surface area contributed by atoms with Crippen molar-refractivity contribution in [3.05, 3.63) is 65.9 Å². The molecule has 0 aromatic heterocycles. The fourth-order valence-electron chi connectivity index (χ4n) is 4.93. The van der Waals surface area contributed by atoms with Crippen LogP contribution in [0.1, 0.15) is 17.2 Å². The van der Waals surface area contributed by atoms with Gasteiger partial charge in [0.25, 0.3) is 0 Å². The topological polar surface area (TPSA) is 76.1 Å². The fourth-order valence-corrected chi connectivity index (χ4v) is 4.93. The maximum atomic E-state index is 13.5. The summed E-state index contributed by atoms with van der Waals surface area (Å²) in [5.41, 5.74) is 2.38. The van der Waals surface area contributed by atoms with Gasteiger partial charge < -0.3 is 14.4 Å². The van der Waals surface area contributed by atoms with Crippen molar-refractivity contribution in [1.82, 2.24) is 4.90 Å². The van der Waals surface area contributed by atoms with Gasteiger partial charge in [0, 0.05) is 6.20 Å². The molecule has 3 aliphatic heterocycles. The number of benzene rings is 2. The Morgan fingerprint density at radius 3 is 2.33 bits per heavy atom. The van der Waals surface area contributed by atoms with Crippen LogP contribution in [0, 0.1) is 11.8 Å². The zero-order chi connectivity index (χ0) is 21.0. The summed E-state index contributed by atoms with van der Waals surface area (Å²) >= 11 is 0. The minimum absolute atomic E-state index is 0.304. The second-order valence-corrected chi connectivity index (χ2v) is 7.57. The van der Waals surface area contributed by atoms with Gasteiger partial charge >= 0.3 is 5.97 Å². The molecular formula is C23H20N2O5. The third kappa shape index (κ3) is 2.41. The molecule has 0 N–H and O–H groups in total. The van der Waals surface area contributed by atoms with Crippen molar-refractivity contribution >= 4 is 29.5 Å². The average molecular weight is 404 g/mol. The number of nitrogens with zero attached hydrogens (tertiary/aromatic N) is 2. The number of carbonyl (C=O) groups is 3. The number of esters is 1. The number of anilines is 1. The van der Waals surface area contributed by atoms with E-state index in [4.69, 9.17) is 9.47 Å². The smallest absolute Gasteiger partial charge is 0.329 e. The predicted octanol–water partition coefficient (Wildman–Crippen LogP) is 2.38. The van der Waals surface area contributed by atoms with E-state index in [1.54, 1.807) is 37.6 Å². The van der Waals surface area contributed by atoms with Gasteiger partial charge in [-0.3, -0.25) is 9.59 Å². The lowest BCUT2D eigenvalue weighted by Crippen LogP contribution is -2.44. The average Bonchev–Trinajstić information content (AvgIpc) is 3.26. The van der Waals surface area contributed by atoms with Crippen molar-refractivity contribution in [3.63, 3.8) is 0 Å². The third-order valence-electron chi connectivity index (χ3n) is 6.23. The van der Waals surface area contributed by atoms with Gasteiger partial charge in [-0.25, -0.2) is 9.69 Å². The van der Waals surface area contributed by atoms with E-state index in [1.807, 2.05) is 35.2 Å². The van der Waals surface area contributed by atoms with E-state index >= 15 is 0 Å². The molecule has 0 bridgehead atoms. The van der Waals surface area contributed by atoms with Gasteiger partial charge in [-0.05, 0) is 41.5 Å². The van der Waals surface area contributed by atoms with Gasteiger partial charge in [0.05, 0.1) is 37.8 Å². The van der Waals surface area contributed by atoms with Crippen molar-refractivity contribution in [3.8, 4) is 5.75 Å². The van der Waals surface area contributed by atoms with Crippen molar-refractivity contribution in [2.24, 2.45) is 11.8 Å². The van der Waals surface area contributed by atoms with Crippen LogP contribution in [0.4, 0.5) is 5.69 Å². The van der Waals surface area contributed by atoms with E-state index in [-0.39, 0.29) is 11.8 Å². The predicted molar refractivity (Wildman–Crippen MR) is 108 cm³/mol. The summed E-state index contributed by atoms with van der Waals surface area (Å²) in [5, 5.41) is 0. The quantitative estimate of drug-likeness (QED) is 0.578. The number of carbonyl (C=O) groups excluding carboxylic acids is 3. The summed E-state index contributed by atoms with van der Waals surface area (Å²) in [5.74, 6) is -2.06. The zero-order valence-electron chi connectivity index (χ0n) is 16.5. The highest BCUT2D eigenvalue weighted by Crippen LogP contribution is 2.53. The molecule has 4 atom stereocenters. The Morgan fingerprint density at radius 2 is 1.63 bits per heavy atom. The number of fused-ring (bicyclic) bond motifs is 5. The molecule has 7 heteroatoms. The van der Waals surface area contributed by atoms with Gasteiger partial charge in [0.2, 0.25) is 11.8 Å². The molecule has 3 aliphatic rings. The monoisotopic (exact) mass is 404 g/mol.